The number of nitrogens with zero attached hydrogens (tertiary/aromatic N) is 2. The van der Waals surface area contributed by atoms with Gasteiger partial charge in [0.05, 0.1) is 6.04 Å². The molecule has 102 valence electrons. The number of aryl methyl sites for hydroxylation is 1. The fourth-order valence-corrected chi connectivity index (χ4v) is 2.10. The summed E-state index contributed by atoms with van der Waals surface area (Å²) in [6.07, 6.45) is 5.19. The summed E-state index contributed by atoms with van der Waals surface area (Å²) in [4.78, 5) is 0. The van der Waals surface area contributed by atoms with Crippen LogP contribution < -0.4 is 5.32 Å². The van der Waals surface area contributed by atoms with E-state index >= 15 is 0 Å². The first-order chi connectivity index (χ1) is 9.19. The van der Waals surface area contributed by atoms with E-state index in [1.807, 2.05) is 31.4 Å². The summed E-state index contributed by atoms with van der Waals surface area (Å²) in [7, 11) is 1.89. The largest absolute Gasteiger partial charge is 0.362 e. The molecule has 1 aromatic carbocycles. The molecule has 1 unspecified atom stereocenters. The first-order valence-electron chi connectivity index (χ1n) is 6.70. The van der Waals surface area contributed by atoms with E-state index < -0.39 is 0 Å². The zero-order valence-electron chi connectivity index (χ0n) is 11.4. The van der Waals surface area contributed by atoms with Crippen molar-refractivity contribution < 1.29 is 4.39 Å². The van der Waals surface area contributed by atoms with Crippen LogP contribution in [0.3, 0.4) is 0 Å². The van der Waals surface area contributed by atoms with Crippen molar-refractivity contribution in [3.8, 4) is 0 Å². The molecule has 0 bridgehead atoms. The van der Waals surface area contributed by atoms with Crippen LogP contribution in [0, 0.1) is 5.82 Å². The molecule has 4 heteroatoms. The average molecular weight is 261 g/mol. The molecule has 0 radical (unpaired) electrons. The van der Waals surface area contributed by atoms with Crippen molar-refractivity contribution in [1.82, 2.24) is 9.78 Å². The summed E-state index contributed by atoms with van der Waals surface area (Å²) in [5.41, 5.74) is 1.10. The van der Waals surface area contributed by atoms with E-state index in [0.29, 0.717) is 0 Å². The number of anilines is 1. The highest BCUT2D eigenvalue weighted by Gasteiger charge is 2.12. The van der Waals surface area contributed by atoms with E-state index in [1.54, 1.807) is 4.68 Å². The van der Waals surface area contributed by atoms with Gasteiger partial charge in [-0.05, 0) is 24.1 Å². The number of unbranched alkanes of at least 4 members (excludes halogenated alkanes) is 1. The van der Waals surface area contributed by atoms with Crippen LogP contribution in [-0.2, 0) is 7.05 Å². The Morgan fingerprint density at radius 2 is 2.00 bits per heavy atom. The highest BCUT2D eigenvalue weighted by atomic mass is 19.1. The molecule has 2 rings (SSSR count). The van der Waals surface area contributed by atoms with E-state index in [-0.39, 0.29) is 11.9 Å². The van der Waals surface area contributed by atoms with Gasteiger partial charge < -0.3 is 5.32 Å². The maximum atomic E-state index is 13.0. The van der Waals surface area contributed by atoms with Crippen molar-refractivity contribution in [2.75, 3.05) is 5.32 Å². The minimum Gasteiger partial charge on any atom is -0.362 e. The molecule has 0 saturated carbocycles. The Morgan fingerprint density at radius 3 is 2.58 bits per heavy atom. The third-order valence-electron chi connectivity index (χ3n) is 3.15. The Morgan fingerprint density at radius 1 is 1.26 bits per heavy atom. The van der Waals surface area contributed by atoms with Crippen LogP contribution >= 0.6 is 0 Å². The molecule has 0 fully saturated rings. The second-order valence-electron chi connectivity index (χ2n) is 4.77. The van der Waals surface area contributed by atoms with Gasteiger partial charge in [0, 0.05) is 19.3 Å². The number of nitrogens with one attached hydrogen (secondary N) is 1. The van der Waals surface area contributed by atoms with Gasteiger partial charge in [0.2, 0.25) is 0 Å². The molecule has 2 aromatic rings. The van der Waals surface area contributed by atoms with Gasteiger partial charge in [0.15, 0.2) is 0 Å². The van der Waals surface area contributed by atoms with E-state index in [1.165, 1.54) is 12.1 Å². The average Bonchev–Trinajstić information content (AvgIpc) is 2.81. The maximum Gasteiger partial charge on any atom is 0.148 e. The van der Waals surface area contributed by atoms with Crippen LogP contribution in [-0.4, -0.2) is 9.78 Å². The van der Waals surface area contributed by atoms with Gasteiger partial charge in [-0.1, -0.05) is 31.9 Å². The Bertz CT molecular complexity index is 504. The van der Waals surface area contributed by atoms with Crippen LogP contribution in [0.1, 0.15) is 37.8 Å². The number of benzene rings is 1. The summed E-state index contributed by atoms with van der Waals surface area (Å²) in [6, 6.07) is 8.82. The number of hydrogen-bond donors (Lipinski definition) is 1. The van der Waals surface area contributed by atoms with Crippen molar-refractivity contribution in [3.05, 3.63) is 47.9 Å². The van der Waals surface area contributed by atoms with E-state index in [0.717, 1.165) is 30.6 Å². The second kappa shape index (κ2) is 6.36. The lowest BCUT2D eigenvalue weighted by Gasteiger charge is -2.18. The maximum absolute atomic E-state index is 13.0. The van der Waals surface area contributed by atoms with Gasteiger partial charge in [-0.2, -0.15) is 5.10 Å². The van der Waals surface area contributed by atoms with Crippen molar-refractivity contribution in [2.24, 2.45) is 7.05 Å². The Balaban J connectivity index is 2.13. The molecule has 0 aliphatic rings. The highest BCUT2D eigenvalue weighted by molar-refractivity contribution is 5.37. The molecule has 1 N–H and O–H groups in total. The first kappa shape index (κ1) is 13.6. The van der Waals surface area contributed by atoms with Crippen LogP contribution in [0.25, 0.3) is 0 Å². The normalized spacial score (nSPS) is 12.4. The fraction of sp³-hybridized carbons (Fsp3) is 0.400. The van der Waals surface area contributed by atoms with Gasteiger partial charge in [0.25, 0.3) is 0 Å². The molecule has 19 heavy (non-hydrogen) atoms. The Labute approximate surface area is 113 Å². The Hall–Kier alpha value is -1.84. The molecule has 1 atom stereocenters. The predicted molar refractivity (Wildman–Crippen MR) is 75.5 cm³/mol. The van der Waals surface area contributed by atoms with Crippen LogP contribution in [0.4, 0.5) is 10.2 Å². The molecule has 0 saturated heterocycles. The summed E-state index contributed by atoms with van der Waals surface area (Å²) in [5.74, 6) is 0.656. The second-order valence-corrected chi connectivity index (χ2v) is 4.77. The molecular weight excluding hydrogens is 241 g/mol. The monoisotopic (exact) mass is 261 g/mol. The number of aromatic nitrogens is 2. The topological polar surface area (TPSA) is 29.9 Å². The SMILES string of the molecule is CCCCC(Nc1ccn(C)n1)c1ccc(F)cc1. The highest BCUT2D eigenvalue weighted by Crippen LogP contribution is 2.24. The zero-order chi connectivity index (χ0) is 13.7. The lowest BCUT2D eigenvalue weighted by molar-refractivity contribution is 0.614. The van der Waals surface area contributed by atoms with Gasteiger partial charge in [-0.15, -0.1) is 0 Å². The minimum atomic E-state index is -0.198. The summed E-state index contributed by atoms with van der Waals surface area (Å²) < 4.78 is 14.8. The summed E-state index contributed by atoms with van der Waals surface area (Å²) in [5, 5.41) is 7.75. The zero-order valence-corrected chi connectivity index (χ0v) is 11.4. The molecule has 1 heterocycles. The van der Waals surface area contributed by atoms with Crippen LogP contribution in [0.2, 0.25) is 0 Å². The van der Waals surface area contributed by atoms with Crippen molar-refractivity contribution in [1.29, 1.82) is 0 Å². The molecule has 0 amide bonds. The number of halogens is 1. The van der Waals surface area contributed by atoms with Gasteiger partial charge in [-0.25, -0.2) is 4.39 Å². The number of hydrogen-bond acceptors (Lipinski definition) is 2. The standard InChI is InChI=1S/C15H20FN3/c1-3-4-5-14(12-6-8-13(16)9-7-12)17-15-10-11-19(2)18-15/h6-11,14H,3-5H2,1-2H3,(H,17,18). The minimum absolute atomic E-state index is 0.176. The molecule has 1 aromatic heterocycles. The van der Waals surface area contributed by atoms with Crippen molar-refractivity contribution in [3.63, 3.8) is 0 Å². The van der Waals surface area contributed by atoms with Crippen molar-refractivity contribution >= 4 is 5.82 Å². The first-order valence-corrected chi connectivity index (χ1v) is 6.70. The van der Waals surface area contributed by atoms with Gasteiger partial charge in [0.1, 0.15) is 11.6 Å². The van der Waals surface area contributed by atoms with Crippen LogP contribution in [0.5, 0.6) is 0 Å². The predicted octanol–water partition coefficient (Wildman–Crippen LogP) is 3.90. The molecule has 0 spiro atoms. The molecule has 0 aliphatic heterocycles. The van der Waals surface area contributed by atoms with Crippen molar-refractivity contribution in [2.45, 2.75) is 32.2 Å². The van der Waals surface area contributed by atoms with Gasteiger partial charge >= 0.3 is 0 Å². The molecular formula is C15H20FN3. The van der Waals surface area contributed by atoms with E-state index in [9.17, 15) is 4.39 Å². The Kier molecular flexibility index (Phi) is 4.55. The number of rotatable bonds is 6. The van der Waals surface area contributed by atoms with Gasteiger partial charge in [-0.3, -0.25) is 4.68 Å². The van der Waals surface area contributed by atoms with E-state index in [4.69, 9.17) is 0 Å². The lowest BCUT2D eigenvalue weighted by atomic mass is 10.0. The smallest absolute Gasteiger partial charge is 0.148 e. The third-order valence-corrected chi connectivity index (χ3v) is 3.15. The lowest BCUT2D eigenvalue weighted by Crippen LogP contribution is -2.11. The quantitative estimate of drug-likeness (QED) is 0.854. The van der Waals surface area contributed by atoms with Crippen LogP contribution in [0.15, 0.2) is 36.5 Å². The summed E-state index contributed by atoms with van der Waals surface area (Å²) >= 11 is 0. The molecule has 0 aliphatic carbocycles. The fourth-order valence-electron chi connectivity index (χ4n) is 2.10. The summed E-state index contributed by atoms with van der Waals surface area (Å²) in [6.45, 7) is 2.17. The third kappa shape index (κ3) is 3.81. The molecule has 3 nitrogen and oxygen atoms in total. The van der Waals surface area contributed by atoms with E-state index in [2.05, 4.69) is 17.3 Å².